The van der Waals surface area contributed by atoms with E-state index in [0.717, 1.165) is 37.1 Å². The molecule has 0 atom stereocenters. The molecule has 1 N–H and O–H groups in total. The van der Waals surface area contributed by atoms with Crippen LogP contribution in [0.4, 0.5) is 5.69 Å². The SMILES string of the molecule is C=CCOc1ccc(NC(=O)C2(C3(C(=O)N4CCOCC4)CC3)CC2)cc1. The third-order valence-electron chi connectivity index (χ3n) is 6.04. The number of ether oxygens (including phenoxy) is 2. The van der Waals surface area contributed by atoms with Gasteiger partial charge in [-0.05, 0) is 49.9 Å². The second kappa shape index (κ2) is 7.00. The Kier molecular flexibility index (Phi) is 4.68. The van der Waals surface area contributed by atoms with Gasteiger partial charge in [-0.15, -0.1) is 0 Å². The van der Waals surface area contributed by atoms with E-state index in [-0.39, 0.29) is 11.8 Å². The van der Waals surface area contributed by atoms with Crippen LogP contribution in [0.5, 0.6) is 5.75 Å². The quantitative estimate of drug-likeness (QED) is 0.749. The Bertz CT molecular complexity index is 729. The molecule has 1 heterocycles. The van der Waals surface area contributed by atoms with Gasteiger partial charge in [0.05, 0.1) is 24.0 Å². The lowest BCUT2D eigenvalue weighted by molar-refractivity contribution is -0.147. The molecule has 144 valence electrons. The summed E-state index contributed by atoms with van der Waals surface area (Å²) in [4.78, 5) is 28.1. The number of benzene rings is 1. The molecular formula is C21H26N2O4. The van der Waals surface area contributed by atoms with Gasteiger partial charge in [-0.25, -0.2) is 0 Å². The maximum absolute atomic E-state index is 13.1. The molecule has 1 saturated heterocycles. The third-order valence-corrected chi connectivity index (χ3v) is 6.04. The zero-order valence-corrected chi connectivity index (χ0v) is 15.5. The molecule has 0 spiro atoms. The van der Waals surface area contributed by atoms with E-state index in [1.165, 1.54) is 0 Å². The van der Waals surface area contributed by atoms with Crippen LogP contribution in [-0.4, -0.2) is 49.6 Å². The normalized spacial score (nSPS) is 21.9. The minimum Gasteiger partial charge on any atom is -0.490 e. The van der Waals surface area contributed by atoms with E-state index < -0.39 is 10.8 Å². The molecule has 2 amide bonds. The zero-order chi connectivity index (χ0) is 18.9. The number of anilines is 1. The fourth-order valence-electron chi connectivity index (χ4n) is 4.18. The molecule has 6 heteroatoms. The Balaban J connectivity index is 1.43. The average molecular weight is 370 g/mol. The van der Waals surface area contributed by atoms with Crippen LogP contribution in [0.25, 0.3) is 0 Å². The first-order chi connectivity index (χ1) is 13.1. The first kappa shape index (κ1) is 18.0. The van der Waals surface area contributed by atoms with Crippen LogP contribution >= 0.6 is 0 Å². The number of hydrogen-bond donors (Lipinski definition) is 1. The topological polar surface area (TPSA) is 67.9 Å². The van der Waals surface area contributed by atoms with E-state index in [9.17, 15) is 9.59 Å². The number of hydrogen-bond acceptors (Lipinski definition) is 4. The minimum atomic E-state index is -0.541. The Labute approximate surface area is 159 Å². The van der Waals surface area contributed by atoms with Crippen LogP contribution in [0.1, 0.15) is 25.7 Å². The highest BCUT2D eigenvalue weighted by molar-refractivity contribution is 6.03. The summed E-state index contributed by atoms with van der Waals surface area (Å²) >= 11 is 0. The van der Waals surface area contributed by atoms with Gasteiger partial charge in [0.1, 0.15) is 12.4 Å². The number of carbonyl (C=O) groups is 2. The van der Waals surface area contributed by atoms with Crippen molar-refractivity contribution in [1.82, 2.24) is 4.90 Å². The highest BCUT2D eigenvalue weighted by Crippen LogP contribution is 2.71. The van der Waals surface area contributed by atoms with Gasteiger partial charge in [0.25, 0.3) is 0 Å². The minimum absolute atomic E-state index is 0.0265. The Morgan fingerprint density at radius 3 is 2.30 bits per heavy atom. The number of amides is 2. The van der Waals surface area contributed by atoms with Crippen LogP contribution in [0, 0.1) is 10.8 Å². The molecule has 27 heavy (non-hydrogen) atoms. The van der Waals surface area contributed by atoms with Gasteiger partial charge in [-0.3, -0.25) is 9.59 Å². The van der Waals surface area contributed by atoms with Crippen LogP contribution < -0.4 is 10.1 Å². The van der Waals surface area contributed by atoms with E-state index in [0.29, 0.717) is 32.9 Å². The molecule has 6 nitrogen and oxygen atoms in total. The summed E-state index contributed by atoms with van der Waals surface area (Å²) < 4.78 is 10.8. The molecule has 3 fully saturated rings. The van der Waals surface area contributed by atoms with Crippen molar-refractivity contribution in [2.45, 2.75) is 25.7 Å². The van der Waals surface area contributed by atoms with Crippen LogP contribution in [0.15, 0.2) is 36.9 Å². The maximum Gasteiger partial charge on any atom is 0.231 e. The molecule has 2 saturated carbocycles. The largest absolute Gasteiger partial charge is 0.490 e. The van der Waals surface area contributed by atoms with Gasteiger partial charge < -0.3 is 19.7 Å². The molecule has 3 aliphatic rings. The van der Waals surface area contributed by atoms with Crippen molar-refractivity contribution in [3.05, 3.63) is 36.9 Å². The lowest BCUT2D eigenvalue weighted by atomic mass is 9.83. The highest BCUT2D eigenvalue weighted by atomic mass is 16.5. The van der Waals surface area contributed by atoms with Crippen molar-refractivity contribution >= 4 is 17.5 Å². The van der Waals surface area contributed by atoms with Crippen molar-refractivity contribution in [3.8, 4) is 5.75 Å². The van der Waals surface area contributed by atoms with Crippen LogP contribution in [-0.2, 0) is 14.3 Å². The first-order valence-corrected chi connectivity index (χ1v) is 9.64. The maximum atomic E-state index is 13.1. The van der Waals surface area contributed by atoms with Gasteiger partial charge in [-0.2, -0.15) is 0 Å². The number of nitrogens with one attached hydrogen (secondary N) is 1. The van der Waals surface area contributed by atoms with Gasteiger partial charge in [0.2, 0.25) is 11.8 Å². The molecule has 2 aliphatic carbocycles. The summed E-state index contributed by atoms with van der Waals surface area (Å²) in [6.07, 6.45) is 4.88. The van der Waals surface area contributed by atoms with Crippen molar-refractivity contribution in [3.63, 3.8) is 0 Å². The van der Waals surface area contributed by atoms with Crippen molar-refractivity contribution in [1.29, 1.82) is 0 Å². The van der Waals surface area contributed by atoms with Gasteiger partial charge >= 0.3 is 0 Å². The average Bonchev–Trinajstić information content (AvgIpc) is 3.60. The summed E-state index contributed by atoms with van der Waals surface area (Å²) in [5.41, 5.74) is -0.311. The second-order valence-electron chi connectivity index (χ2n) is 7.65. The molecule has 0 bridgehead atoms. The molecule has 0 unspecified atom stereocenters. The molecule has 0 radical (unpaired) electrons. The number of carbonyl (C=O) groups excluding carboxylic acids is 2. The van der Waals surface area contributed by atoms with E-state index in [1.54, 1.807) is 6.08 Å². The molecule has 1 aromatic carbocycles. The Hall–Kier alpha value is -2.34. The van der Waals surface area contributed by atoms with Crippen LogP contribution in [0.3, 0.4) is 0 Å². The molecule has 4 rings (SSSR count). The van der Waals surface area contributed by atoms with Crippen molar-refractivity contribution in [2.75, 3.05) is 38.2 Å². The summed E-state index contributed by atoms with van der Waals surface area (Å²) in [6, 6.07) is 7.31. The lowest BCUT2D eigenvalue weighted by Crippen LogP contribution is -2.49. The predicted octanol–water partition coefficient (Wildman–Crippen LogP) is 2.61. The number of morpholine rings is 1. The Morgan fingerprint density at radius 1 is 1.11 bits per heavy atom. The third kappa shape index (κ3) is 3.23. The lowest BCUT2D eigenvalue weighted by Gasteiger charge is -2.34. The van der Waals surface area contributed by atoms with Crippen molar-refractivity contribution in [2.24, 2.45) is 10.8 Å². The summed E-state index contributed by atoms with van der Waals surface area (Å²) in [5, 5.41) is 3.02. The highest BCUT2D eigenvalue weighted by Gasteiger charge is 2.73. The Morgan fingerprint density at radius 2 is 1.74 bits per heavy atom. The smallest absolute Gasteiger partial charge is 0.231 e. The molecule has 0 aromatic heterocycles. The van der Waals surface area contributed by atoms with E-state index in [4.69, 9.17) is 9.47 Å². The van der Waals surface area contributed by atoms with E-state index in [1.807, 2.05) is 29.2 Å². The van der Waals surface area contributed by atoms with Gasteiger partial charge in [0.15, 0.2) is 0 Å². The first-order valence-electron chi connectivity index (χ1n) is 9.64. The molecule has 1 aromatic rings. The summed E-state index contributed by atoms with van der Waals surface area (Å²) in [6.45, 7) is 6.50. The number of nitrogens with zero attached hydrogens (tertiary/aromatic N) is 1. The van der Waals surface area contributed by atoms with Crippen molar-refractivity contribution < 1.29 is 19.1 Å². The fraction of sp³-hybridized carbons (Fsp3) is 0.524. The molecular weight excluding hydrogens is 344 g/mol. The number of rotatable bonds is 7. The zero-order valence-electron chi connectivity index (χ0n) is 15.5. The fourth-order valence-corrected chi connectivity index (χ4v) is 4.18. The molecule has 1 aliphatic heterocycles. The summed E-state index contributed by atoms with van der Waals surface area (Å²) in [5.74, 6) is 0.850. The predicted molar refractivity (Wildman–Crippen MR) is 101 cm³/mol. The van der Waals surface area contributed by atoms with Crippen LogP contribution in [0.2, 0.25) is 0 Å². The monoisotopic (exact) mass is 370 g/mol. The van der Waals surface area contributed by atoms with E-state index in [2.05, 4.69) is 11.9 Å². The van der Waals surface area contributed by atoms with Gasteiger partial charge in [0, 0.05) is 18.8 Å². The summed E-state index contributed by atoms with van der Waals surface area (Å²) in [7, 11) is 0. The standard InChI is InChI=1S/C21H26N2O4/c1-2-13-27-17-5-3-16(4-6-17)22-18(24)20(7-8-20)21(9-10-21)19(25)23-11-14-26-15-12-23/h2-6H,1,7-15H2,(H,22,24). The second-order valence-corrected chi connectivity index (χ2v) is 7.65. The van der Waals surface area contributed by atoms with E-state index >= 15 is 0 Å². The van der Waals surface area contributed by atoms with Gasteiger partial charge in [-0.1, -0.05) is 12.7 Å².